The Kier molecular flexibility index (Phi) is 3.77. The third-order valence-electron chi connectivity index (χ3n) is 3.05. The minimum Gasteiger partial charge on any atom is -0.402 e. The van der Waals surface area contributed by atoms with Crippen LogP contribution in [0.5, 0.6) is 0 Å². The van der Waals surface area contributed by atoms with E-state index in [1.165, 1.54) is 0 Å². The Labute approximate surface area is 106 Å². The molecule has 2 rings (SSSR count). The summed E-state index contributed by atoms with van der Waals surface area (Å²) in [6.45, 7) is 0. The smallest absolute Gasteiger partial charge is 0.258 e. The Balaban J connectivity index is 2.06. The average molecular weight is 244 g/mol. The normalized spacial score (nSPS) is 15.3. The number of carbonyl (C=O) groups excluding carboxylic acids is 2. The van der Waals surface area contributed by atoms with Gasteiger partial charge in [-0.15, -0.1) is 0 Å². The number of nitrogens with two attached hydrogens (primary N) is 1. The van der Waals surface area contributed by atoms with Crippen LogP contribution < -0.4 is 11.1 Å². The maximum absolute atomic E-state index is 11.9. The highest BCUT2D eigenvalue weighted by molar-refractivity contribution is 6.10. The van der Waals surface area contributed by atoms with Gasteiger partial charge in [-0.3, -0.25) is 14.9 Å². The number of benzene rings is 1. The molecular weight excluding hydrogens is 228 g/mol. The van der Waals surface area contributed by atoms with E-state index in [-0.39, 0.29) is 11.8 Å². The first-order valence-electron chi connectivity index (χ1n) is 6.06. The molecular formula is C14H16N2O2. The van der Waals surface area contributed by atoms with Gasteiger partial charge in [0.2, 0.25) is 0 Å². The summed E-state index contributed by atoms with van der Waals surface area (Å²) >= 11 is 0. The van der Waals surface area contributed by atoms with Crippen LogP contribution in [0, 0.1) is 0 Å². The van der Waals surface area contributed by atoms with Gasteiger partial charge in [-0.1, -0.05) is 18.2 Å². The van der Waals surface area contributed by atoms with E-state index in [0.29, 0.717) is 23.3 Å². The van der Waals surface area contributed by atoms with E-state index in [1.54, 1.807) is 24.3 Å². The highest BCUT2D eigenvalue weighted by Gasteiger charge is 2.19. The summed E-state index contributed by atoms with van der Waals surface area (Å²) < 4.78 is 0. The van der Waals surface area contributed by atoms with Gasteiger partial charge in [-0.2, -0.15) is 0 Å². The lowest BCUT2D eigenvalue weighted by Gasteiger charge is -2.16. The molecule has 4 heteroatoms. The Bertz CT molecular complexity index is 492. The first-order chi connectivity index (χ1) is 8.68. The van der Waals surface area contributed by atoms with E-state index in [0.717, 1.165) is 19.3 Å². The summed E-state index contributed by atoms with van der Waals surface area (Å²) in [7, 11) is 0. The Morgan fingerprint density at radius 3 is 2.33 bits per heavy atom. The van der Waals surface area contributed by atoms with Gasteiger partial charge < -0.3 is 5.73 Å². The lowest BCUT2D eigenvalue weighted by atomic mass is 9.96. The second-order valence-corrected chi connectivity index (χ2v) is 4.36. The van der Waals surface area contributed by atoms with E-state index in [4.69, 9.17) is 5.73 Å². The molecule has 3 N–H and O–H groups in total. The molecule has 0 radical (unpaired) electrons. The van der Waals surface area contributed by atoms with Crippen molar-refractivity contribution < 1.29 is 9.59 Å². The van der Waals surface area contributed by atoms with Gasteiger partial charge in [0.1, 0.15) is 0 Å². The fourth-order valence-corrected chi connectivity index (χ4v) is 2.03. The minimum absolute atomic E-state index is 0.360. The van der Waals surface area contributed by atoms with E-state index >= 15 is 0 Å². The quantitative estimate of drug-likeness (QED) is 0.778. The van der Waals surface area contributed by atoms with Crippen LogP contribution in [0.15, 0.2) is 41.6 Å². The first kappa shape index (κ1) is 12.4. The van der Waals surface area contributed by atoms with E-state index < -0.39 is 0 Å². The zero-order valence-electron chi connectivity index (χ0n) is 10.1. The number of rotatable bonds is 2. The molecule has 94 valence electrons. The van der Waals surface area contributed by atoms with Gasteiger partial charge in [0.15, 0.2) is 0 Å². The second-order valence-electron chi connectivity index (χ2n) is 4.36. The lowest BCUT2D eigenvalue weighted by Crippen LogP contribution is -2.33. The third-order valence-corrected chi connectivity index (χ3v) is 3.05. The SMILES string of the molecule is NC1=C(C(=O)NC(=O)c2ccccc2)CCCC1. The van der Waals surface area contributed by atoms with Gasteiger partial charge in [-0.25, -0.2) is 0 Å². The molecule has 4 nitrogen and oxygen atoms in total. The van der Waals surface area contributed by atoms with E-state index in [1.807, 2.05) is 6.07 Å². The molecule has 0 saturated heterocycles. The lowest BCUT2D eigenvalue weighted by molar-refractivity contribution is -0.116. The monoisotopic (exact) mass is 244 g/mol. The van der Waals surface area contributed by atoms with Crippen LogP contribution in [0.2, 0.25) is 0 Å². The van der Waals surface area contributed by atoms with Gasteiger partial charge >= 0.3 is 0 Å². The van der Waals surface area contributed by atoms with Crippen molar-refractivity contribution in [1.29, 1.82) is 0 Å². The van der Waals surface area contributed by atoms with Crippen molar-refractivity contribution >= 4 is 11.8 Å². The highest BCUT2D eigenvalue weighted by atomic mass is 16.2. The Morgan fingerprint density at radius 1 is 1.00 bits per heavy atom. The molecule has 0 unspecified atom stereocenters. The van der Waals surface area contributed by atoms with Gasteiger partial charge in [0, 0.05) is 16.8 Å². The zero-order chi connectivity index (χ0) is 13.0. The van der Waals surface area contributed by atoms with Crippen molar-refractivity contribution in [2.75, 3.05) is 0 Å². The third kappa shape index (κ3) is 2.77. The molecule has 0 fully saturated rings. The molecule has 0 bridgehead atoms. The molecule has 0 aromatic heterocycles. The first-order valence-corrected chi connectivity index (χ1v) is 6.06. The second kappa shape index (κ2) is 5.49. The average Bonchev–Trinajstić information content (AvgIpc) is 2.40. The van der Waals surface area contributed by atoms with Crippen LogP contribution in [-0.2, 0) is 4.79 Å². The van der Waals surface area contributed by atoms with Crippen LogP contribution in [0.4, 0.5) is 0 Å². The summed E-state index contributed by atoms with van der Waals surface area (Å²) in [6.07, 6.45) is 3.35. The zero-order valence-corrected chi connectivity index (χ0v) is 10.1. The minimum atomic E-state index is -0.383. The van der Waals surface area contributed by atoms with Gasteiger partial charge in [0.05, 0.1) is 0 Å². The standard InChI is InChI=1S/C14H16N2O2/c15-12-9-5-4-8-11(12)14(18)16-13(17)10-6-2-1-3-7-10/h1-3,6-7H,4-5,8-9,15H2,(H,16,17,18). The number of amides is 2. The highest BCUT2D eigenvalue weighted by Crippen LogP contribution is 2.21. The number of carbonyl (C=O) groups is 2. The van der Waals surface area contributed by atoms with Gasteiger partial charge in [0.25, 0.3) is 11.8 Å². The van der Waals surface area contributed by atoms with Crippen molar-refractivity contribution in [1.82, 2.24) is 5.32 Å². The molecule has 1 aromatic rings. The summed E-state index contributed by atoms with van der Waals surface area (Å²) in [5.41, 5.74) is 7.45. The van der Waals surface area contributed by atoms with E-state index in [2.05, 4.69) is 5.32 Å². The largest absolute Gasteiger partial charge is 0.402 e. The molecule has 0 aliphatic heterocycles. The molecule has 1 aliphatic rings. The Morgan fingerprint density at radius 2 is 1.67 bits per heavy atom. The van der Waals surface area contributed by atoms with Gasteiger partial charge in [-0.05, 0) is 37.8 Å². The molecule has 0 atom stereocenters. The number of nitrogens with one attached hydrogen (secondary N) is 1. The molecule has 0 spiro atoms. The predicted molar refractivity (Wildman–Crippen MR) is 68.6 cm³/mol. The summed E-state index contributed by atoms with van der Waals surface area (Å²) in [6, 6.07) is 8.67. The predicted octanol–water partition coefficient (Wildman–Crippen LogP) is 1.73. The maximum Gasteiger partial charge on any atom is 0.258 e. The van der Waals surface area contributed by atoms with Crippen molar-refractivity contribution in [2.45, 2.75) is 25.7 Å². The number of hydrogen-bond donors (Lipinski definition) is 2. The summed E-state index contributed by atoms with van der Waals surface area (Å²) in [5.74, 6) is -0.743. The number of imide groups is 1. The molecule has 0 saturated carbocycles. The van der Waals surface area contributed by atoms with Crippen LogP contribution >= 0.6 is 0 Å². The van der Waals surface area contributed by atoms with Crippen molar-refractivity contribution in [3.63, 3.8) is 0 Å². The summed E-state index contributed by atoms with van der Waals surface area (Å²) in [5, 5.41) is 2.38. The fourth-order valence-electron chi connectivity index (χ4n) is 2.03. The number of hydrogen-bond acceptors (Lipinski definition) is 3. The topological polar surface area (TPSA) is 72.2 Å². The molecule has 1 aromatic carbocycles. The molecule has 0 heterocycles. The molecule has 1 aliphatic carbocycles. The number of allylic oxidation sites excluding steroid dienone is 1. The maximum atomic E-state index is 11.9. The fraction of sp³-hybridized carbons (Fsp3) is 0.286. The van der Waals surface area contributed by atoms with Crippen LogP contribution in [0.25, 0.3) is 0 Å². The van der Waals surface area contributed by atoms with Crippen molar-refractivity contribution in [3.8, 4) is 0 Å². The van der Waals surface area contributed by atoms with Crippen molar-refractivity contribution in [2.24, 2.45) is 5.73 Å². The van der Waals surface area contributed by atoms with Crippen LogP contribution in [0.3, 0.4) is 0 Å². The van der Waals surface area contributed by atoms with E-state index in [9.17, 15) is 9.59 Å². The molecule has 18 heavy (non-hydrogen) atoms. The van der Waals surface area contributed by atoms with Crippen molar-refractivity contribution in [3.05, 3.63) is 47.2 Å². The van der Waals surface area contributed by atoms with Crippen LogP contribution in [0.1, 0.15) is 36.0 Å². The van der Waals surface area contributed by atoms with Crippen LogP contribution in [-0.4, -0.2) is 11.8 Å². The molecule has 2 amide bonds. The Hall–Kier alpha value is -2.10. The summed E-state index contributed by atoms with van der Waals surface area (Å²) in [4.78, 5) is 23.7.